The summed E-state index contributed by atoms with van der Waals surface area (Å²) in [5.41, 5.74) is 3.75. The van der Waals surface area contributed by atoms with Gasteiger partial charge in [0, 0.05) is 23.5 Å². The van der Waals surface area contributed by atoms with Crippen LogP contribution in [0.2, 0.25) is 0 Å². The van der Waals surface area contributed by atoms with Crippen molar-refractivity contribution >= 4 is 11.5 Å². The lowest BCUT2D eigenvalue weighted by Crippen LogP contribution is -2.27. The fraction of sp³-hybridized carbons (Fsp3) is 0.304. The van der Waals surface area contributed by atoms with Gasteiger partial charge in [0.25, 0.3) is 0 Å². The van der Waals surface area contributed by atoms with Gasteiger partial charge in [-0.25, -0.2) is 0 Å². The molecule has 0 spiro atoms. The van der Waals surface area contributed by atoms with E-state index in [2.05, 4.69) is 5.16 Å². The number of nitrogens with zero attached hydrogens (tertiary/aromatic N) is 2. The number of ketones is 1. The summed E-state index contributed by atoms with van der Waals surface area (Å²) in [5, 5.41) is 15.4. The van der Waals surface area contributed by atoms with Gasteiger partial charge in [0.05, 0.1) is 4.92 Å². The van der Waals surface area contributed by atoms with Crippen LogP contribution in [0.15, 0.2) is 53.1 Å². The van der Waals surface area contributed by atoms with Crippen LogP contribution in [0, 0.1) is 28.9 Å². The smallest absolute Gasteiger partial charge is 0.334 e. The van der Waals surface area contributed by atoms with Gasteiger partial charge in [0.2, 0.25) is 5.76 Å². The van der Waals surface area contributed by atoms with Crippen molar-refractivity contribution in [1.82, 2.24) is 5.16 Å². The third-order valence-electron chi connectivity index (χ3n) is 6.24. The second kappa shape index (κ2) is 6.65. The molecule has 1 aromatic heterocycles. The molecule has 146 valence electrons. The van der Waals surface area contributed by atoms with Crippen LogP contribution in [-0.2, 0) is 6.42 Å². The molecule has 1 atom stereocenters. The van der Waals surface area contributed by atoms with Gasteiger partial charge in [0.1, 0.15) is 0 Å². The number of carbonyl (C=O) groups excluding carboxylic acids is 1. The number of aromatic nitrogens is 1. The maximum Gasteiger partial charge on any atom is 0.334 e. The number of hydrogen-bond acceptors (Lipinski definition) is 5. The monoisotopic (exact) mass is 388 g/mol. The van der Waals surface area contributed by atoms with Gasteiger partial charge in [-0.1, -0.05) is 53.7 Å². The van der Waals surface area contributed by atoms with E-state index in [9.17, 15) is 14.9 Å². The van der Waals surface area contributed by atoms with Gasteiger partial charge in [-0.05, 0) is 42.7 Å². The quantitative estimate of drug-likeness (QED) is 0.461. The molecule has 2 aliphatic rings. The Balaban J connectivity index is 1.64. The minimum Gasteiger partial charge on any atom is -0.354 e. The molecule has 1 saturated carbocycles. The first-order valence-corrected chi connectivity index (χ1v) is 9.88. The molecule has 1 unspecified atom stereocenters. The lowest BCUT2D eigenvalue weighted by Gasteiger charge is -2.33. The van der Waals surface area contributed by atoms with Crippen molar-refractivity contribution in [3.05, 3.63) is 92.4 Å². The minimum atomic E-state index is -0.405. The highest BCUT2D eigenvalue weighted by Gasteiger charge is 2.44. The third kappa shape index (κ3) is 2.87. The summed E-state index contributed by atoms with van der Waals surface area (Å²) in [6, 6.07) is 15.5. The molecule has 0 radical (unpaired) electrons. The summed E-state index contributed by atoms with van der Waals surface area (Å²) in [5.74, 6) is 0.924. The summed E-state index contributed by atoms with van der Waals surface area (Å²) in [4.78, 5) is 24.2. The molecule has 5 rings (SSSR count). The van der Waals surface area contributed by atoms with E-state index < -0.39 is 4.92 Å². The minimum absolute atomic E-state index is 0.00221. The van der Waals surface area contributed by atoms with Gasteiger partial charge < -0.3 is 4.52 Å². The van der Waals surface area contributed by atoms with Crippen molar-refractivity contribution in [1.29, 1.82) is 0 Å². The predicted octanol–water partition coefficient (Wildman–Crippen LogP) is 4.84. The van der Waals surface area contributed by atoms with E-state index in [4.69, 9.17) is 4.52 Å². The second-order valence-corrected chi connectivity index (χ2v) is 7.98. The Morgan fingerprint density at radius 3 is 2.24 bits per heavy atom. The molecule has 0 aliphatic heterocycles. The molecule has 0 bridgehead atoms. The maximum atomic E-state index is 13.0. The first-order chi connectivity index (χ1) is 14.1. The van der Waals surface area contributed by atoms with Crippen LogP contribution in [0.25, 0.3) is 0 Å². The van der Waals surface area contributed by atoms with Crippen LogP contribution < -0.4 is 0 Å². The molecular weight excluding hydrogens is 368 g/mol. The zero-order valence-corrected chi connectivity index (χ0v) is 16.0. The molecule has 3 aromatic rings. The van der Waals surface area contributed by atoms with E-state index in [1.807, 2.05) is 48.5 Å². The Kier molecular flexibility index (Phi) is 4.08. The van der Waals surface area contributed by atoms with Crippen molar-refractivity contribution in [3.8, 4) is 0 Å². The van der Waals surface area contributed by atoms with Crippen LogP contribution in [0.3, 0.4) is 0 Å². The zero-order valence-electron chi connectivity index (χ0n) is 16.0. The highest BCUT2D eigenvalue weighted by molar-refractivity contribution is 6.12. The topological polar surface area (TPSA) is 86.2 Å². The number of benzene rings is 2. The molecule has 1 heterocycles. The molecule has 2 aliphatic carbocycles. The van der Waals surface area contributed by atoms with Crippen LogP contribution in [-0.4, -0.2) is 15.9 Å². The normalized spacial score (nSPS) is 16.9. The Hall–Kier alpha value is -3.28. The predicted molar refractivity (Wildman–Crippen MR) is 106 cm³/mol. The van der Waals surface area contributed by atoms with Crippen molar-refractivity contribution in [2.75, 3.05) is 0 Å². The Bertz CT molecular complexity index is 1080. The van der Waals surface area contributed by atoms with Crippen molar-refractivity contribution < 1.29 is 14.2 Å². The summed E-state index contributed by atoms with van der Waals surface area (Å²) in [6.07, 6.45) is 2.60. The molecule has 6 heteroatoms. The average molecular weight is 388 g/mol. The number of carbonyl (C=O) groups is 1. The highest BCUT2D eigenvalue weighted by Crippen LogP contribution is 2.51. The van der Waals surface area contributed by atoms with Gasteiger partial charge >= 0.3 is 5.69 Å². The Morgan fingerprint density at radius 2 is 1.69 bits per heavy atom. The van der Waals surface area contributed by atoms with Crippen LogP contribution in [0.1, 0.15) is 57.3 Å². The first kappa shape index (κ1) is 17.8. The second-order valence-electron chi connectivity index (χ2n) is 7.98. The molecule has 0 saturated heterocycles. The summed E-state index contributed by atoms with van der Waals surface area (Å²) < 4.78 is 5.39. The van der Waals surface area contributed by atoms with E-state index in [0.717, 1.165) is 35.1 Å². The van der Waals surface area contributed by atoms with Gasteiger partial charge in [-0.15, -0.1) is 0 Å². The maximum absolute atomic E-state index is 13.0. The van der Waals surface area contributed by atoms with Crippen LogP contribution in [0.4, 0.5) is 5.69 Å². The van der Waals surface area contributed by atoms with Gasteiger partial charge in [0.15, 0.2) is 11.5 Å². The van der Waals surface area contributed by atoms with E-state index in [1.54, 1.807) is 6.92 Å². The summed E-state index contributed by atoms with van der Waals surface area (Å²) >= 11 is 0. The van der Waals surface area contributed by atoms with E-state index in [0.29, 0.717) is 23.8 Å². The van der Waals surface area contributed by atoms with Crippen molar-refractivity contribution in [2.24, 2.45) is 11.8 Å². The molecule has 29 heavy (non-hydrogen) atoms. The van der Waals surface area contributed by atoms with Crippen LogP contribution in [0.5, 0.6) is 0 Å². The summed E-state index contributed by atoms with van der Waals surface area (Å²) in [7, 11) is 0. The number of hydrogen-bond donors (Lipinski definition) is 0. The van der Waals surface area contributed by atoms with Crippen LogP contribution >= 0.6 is 0 Å². The number of fused-ring (bicyclic) bond motifs is 2. The van der Waals surface area contributed by atoms with Crippen molar-refractivity contribution in [3.63, 3.8) is 0 Å². The Morgan fingerprint density at radius 1 is 1.10 bits per heavy atom. The lowest BCUT2D eigenvalue weighted by molar-refractivity contribution is -0.386. The Labute approximate surface area is 167 Å². The molecule has 0 amide bonds. The molecule has 6 nitrogen and oxygen atoms in total. The SMILES string of the molecule is Cc1noc(CC(C2CC2)C2c3ccccc3C(=O)c3ccccc32)c1[N+](=O)[O-]. The molecule has 0 N–H and O–H groups in total. The largest absolute Gasteiger partial charge is 0.354 e. The van der Waals surface area contributed by atoms with Crippen molar-refractivity contribution in [2.45, 2.75) is 32.1 Å². The fourth-order valence-electron chi connectivity index (χ4n) is 4.80. The van der Waals surface area contributed by atoms with Gasteiger partial charge in [-0.2, -0.15) is 0 Å². The van der Waals surface area contributed by atoms with E-state index in [-0.39, 0.29) is 23.3 Å². The highest BCUT2D eigenvalue weighted by atomic mass is 16.6. The number of nitro groups is 1. The zero-order chi connectivity index (χ0) is 20.1. The summed E-state index contributed by atoms with van der Waals surface area (Å²) in [6.45, 7) is 1.60. The standard InChI is InChI=1S/C23H20N2O4/c1-13-22(25(27)28)20(29-24-13)12-19(14-10-11-14)21-15-6-2-4-8-17(15)23(26)18-9-5-3-7-16(18)21/h2-9,14,19,21H,10-12H2,1H3. The molecule has 2 aromatic carbocycles. The molecular formula is C23H20N2O4. The van der Waals surface area contributed by atoms with E-state index >= 15 is 0 Å². The van der Waals surface area contributed by atoms with E-state index in [1.165, 1.54) is 0 Å². The first-order valence-electron chi connectivity index (χ1n) is 9.88. The number of rotatable bonds is 5. The third-order valence-corrected chi connectivity index (χ3v) is 6.24. The van der Waals surface area contributed by atoms with Gasteiger partial charge in [-0.3, -0.25) is 14.9 Å². The fourth-order valence-corrected chi connectivity index (χ4v) is 4.80. The molecule has 1 fully saturated rings. The average Bonchev–Trinajstić information content (AvgIpc) is 3.50. The lowest BCUT2D eigenvalue weighted by atomic mass is 9.69. The number of aryl methyl sites for hydroxylation is 1.